The van der Waals surface area contributed by atoms with E-state index in [1.165, 1.54) is 0 Å². The number of carbonyl (C=O) groups excluding carboxylic acids is 1. The van der Waals surface area contributed by atoms with Gasteiger partial charge in [-0.2, -0.15) is 0 Å². The highest BCUT2D eigenvalue weighted by molar-refractivity contribution is 7.91. The second-order valence-corrected chi connectivity index (χ2v) is 7.79. The van der Waals surface area contributed by atoms with Crippen LogP contribution in [0.3, 0.4) is 0 Å². The molecule has 0 aliphatic heterocycles. The van der Waals surface area contributed by atoms with E-state index in [2.05, 4.69) is 20.2 Å². The quantitative estimate of drug-likeness (QED) is 0.684. The Labute approximate surface area is 144 Å². The van der Waals surface area contributed by atoms with Gasteiger partial charge in [0, 0.05) is 6.42 Å². The Kier molecular flexibility index (Phi) is 6.23. The molecule has 0 spiro atoms. The smallest absolute Gasteiger partial charge is 0.270 e. The number of hydrogen-bond donors (Lipinski definition) is 2. The van der Waals surface area contributed by atoms with Gasteiger partial charge < -0.3 is 10.1 Å². The average molecular weight is 370 g/mol. The molecule has 0 unspecified atom stereocenters. The number of anilines is 1. The number of amides is 1. The summed E-state index contributed by atoms with van der Waals surface area (Å²) in [6.45, 7) is 3.53. The van der Waals surface area contributed by atoms with E-state index >= 15 is 0 Å². The molecule has 24 heavy (non-hydrogen) atoms. The summed E-state index contributed by atoms with van der Waals surface area (Å²) in [5.41, 5.74) is 0. The molecule has 2 aromatic rings. The van der Waals surface area contributed by atoms with Gasteiger partial charge in [0.15, 0.2) is 0 Å². The summed E-state index contributed by atoms with van der Waals surface area (Å²) in [5.74, 6) is 0.400. The molecule has 0 fully saturated rings. The molecule has 0 radical (unpaired) electrons. The van der Waals surface area contributed by atoms with E-state index in [1.807, 2.05) is 18.2 Å². The van der Waals surface area contributed by atoms with Crippen molar-refractivity contribution in [1.29, 1.82) is 0 Å². The normalized spacial score (nSPS) is 12.6. The lowest BCUT2D eigenvalue weighted by molar-refractivity contribution is -0.115. The Bertz CT molecular complexity index is 777. The first-order valence-electron chi connectivity index (χ1n) is 7.24. The first-order chi connectivity index (χ1) is 11.4. The number of nitrogens with one attached hydrogen (secondary N) is 2. The van der Waals surface area contributed by atoms with Crippen molar-refractivity contribution in [2.45, 2.75) is 30.6 Å². The van der Waals surface area contributed by atoms with Crippen LogP contribution in [0.2, 0.25) is 0 Å². The maximum atomic E-state index is 12.3. The van der Waals surface area contributed by atoms with E-state index in [9.17, 15) is 13.2 Å². The van der Waals surface area contributed by atoms with Crippen LogP contribution < -0.4 is 14.8 Å². The van der Waals surface area contributed by atoms with Crippen LogP contribution in [-0.2, 0) is 14.8 Å². The van der Waals surface area contributed by atoms with Crippen LogP contribution in [0.4, 0.5) is 5.13 Å². The number of nitrogens with zero attached hydrogens (tertiary/aromatic N) is 2. The molecule has 0 bridgehead atoms. The summed E-state index contributed by atoms with van der Waals surface area (Å²) in [6, 6.07) is 8.63. The van der Waals surface area contributed by atoms with E-state index in [-0.39, 0.29) is 28.4 Å². The van der Waals surface area contributed by atoms with Crippen LogP contribution in [-0.4, -0.2) is 37.2 Å². The molecule has 1 aromatic carbocycles. The number of hydrogen-bond acceptors (Lipinski definition) is 7. The Morgan fingerprint density at radius 3 is 2.67 bits per heavy atom. The maximum Gasteiger partial charge on any atom is 0.270 e. The molecule has 0 aliphatic carbocycles. The largest absolute Gasteiger partial charge is 0.492 e. The lowest BCUT2D eigenvalue weighted by Gasteiger charge is -2.13. The van der Waals surface area contributed by atoms with Crippen molar-refractivity contribution in [2.75, 3.05) is 11.9 Å². The molecule has 0 aliphatic rings. The third-order valence-corrected chi connectivity index (χ3v) is 5.60. The zero-order valence-corrected chi connectivity index (χ0v) is 14.9. The van der Waals surface area contributed by atoms with Gasteiger partial charge in [0.05, 0.1) is 6.04 Å². The number of benzene rings is 1. The summed E-state index contributed by atoms with van der Waals surface area (Å²) < 4.78 is 32.3. The lowest BCUT2D eigenvalue weighted by atomic mass is 10.3. The summed E-state index contributed by atoms with van der Waals surface area (Å²) >= 11 is 0.795. The Hall–Kier alpha value is -2.04. The minimum atomic E-state index is -3.82. The summed E-state index contributed by atoms with van der Waals surface area (Å²) in [6.07, 6.45) is 0.272. The van der Waals surface area contributed by atoms with Crippen molar-refractivity contribution < 1.29 is 17.9 Å². The molecule has 1 aromatic heterocycles. The summed E-state index contributed by atoms with van der Waals surface area (Å²) in [7, 11) is -3.82. The number of sulfonamides is 1. The Morgan fingerprint density at radius 2 is 2.00 bits per heavy atom. The van der Waals surface area contributed by atoms with Gasteiger partial charge in [0.2, 0.25) is 15.4 Å². The fourth-order valence-corrected chi connectivity index (χ4v) is 3.82. The van der Waals surface area contributed by atoms with E-state index in [0.717, 1.165) is 11.3 Å². The van der Waals surface area contributed by atoms with Gasteiger partial charge >= 0.3 is 0 Å². The highest BCUT2D eigenvalue weighted by Gasteiger charge is 2.23. The molecule has 0 saturated heterocycles. The lowest BCUT2D eigenvalue weighted by Crippen LogP contribution is -2.36. The predicted molar refractivity (Wildman–Crippen MR) is 90.6 cm³/mol. The Balaban J connectivity index is 1.93. The van der Waals surface area contributed by atoms with Crippen molar-refractivity contribution in [3.8, 4) is 5.75 Å². The van der Waals surface area contributed by atoms with Crippen LogP contribution >= 0.6 is 11.3 Å². The molecule has 2 N–H and O–H groups in total. The minimum absolute atomic E-state index is 0.149. The maximum absolute atomic E-state index is 12.3. The number of aromatic nitrogens is 2. The highest BCUT2D eigenvalue weighted by Crippen LogP contribution is 2.20. The molecular formula is C14H18N4O4S2. The zero-order valence-electron chi connectivity index (χ0n) is 13.2. The molecule has 0 saturated carbocycles. The molecule has 8 nitrogen and oxygen atoms in total. The van der Waals surface area contributed by atoms with Crippen LogP contribution in [0.25, 0.3) is 0 Å². The standard InChI is InChI=1S/C14H18N4O4S2/c1-3-12(19)15-13-16-17-14(23-13)24(20,21)18-10(2)9-22-11-7-5-4-6-8-11/h4-8,10,18H,3,9H2,1-2H3,(H,15,16,19)/t10-/m0/s1. The number of rotatable bonds is 8. The van der Waals surface area contributed by atoms with Crippen molar-refractivity contribution in [3.63, 3.8) is 0 Å². The van der Waals surface area contributed by atoms with Crippen molar-refractivity contribution in [2.24, 2.45) is 0 Å². The van der Waals surface area contributed by atoms with Gasteiger partial charge in [-0.15, -0.1) is 10.2 Å². The topological polar surface area (TPSA) is 110 Å². The van der Waals surface area contributed by atoms with E-state index < -0.39 is 16.1 Å². The van der Waals surface area contributed by atoms with Crippen molar-refractivity contribution >= 4 is 32.4 Å². The fraction of sp³-hybridized carbons (Fsp3) is 0.357. The molecule has 1 heterocycles. The molecule has 10 heteroatoms. The molecular weight excluding hydrogens is 352 g/mol. The van der Waals surface area contributed by atoms with E-state index in [1.54, 1.807) is 26.0 Å². The van der Waals surface area contributed by atoms with Crippen molar-refractivity contribution in [3.05, 3.63) is 30.3 Å². The van der Waals surface area contributed by atoms with Crippen LogP contribution in [0.5, 0.6) is 5.75 Å². The molecule has 1 atom stereocenters. The number of carbonyl (C=O) groups is 1. The zero-order chi connectivity index (χ0) is 17.6. The average Bonchev–Trinajstić information content (AvgIpc) is 3.03. The second-order valence-electron chi connectivity index (χ2n) is 4.92. The van der Waals surface area contributed by atoms with Crippen molar-refractivity contribution in [1.82, 2.24) is 14.9 Å². The fourth-order valence-electron chi connectivity index (χ4n) is 1.66. The molecule has 1 amide bonds. The minimum Gasteiger partial charge on any atom is -0.492 e. The molecule has 130 valence electrons. The van der Waals surface area contributed by atoms with Gasteiger partial charge in [-0.1, -0.05) is 36.5 Å². The number of ether oxygens (including phenoxy) is 1. The van der Waals surface area contributed by atoms with Gasteiger partial charge in [0.1, 0.15) is 12.4 Å². The predicted octanol–water partition coefficient (Wildman–Crippen LogP) is 1.63. The SMILES string of the molecule is CCC(=O)Nc1nnc(S(=O)(=O)N[C@@H](C)COc2ccccc2)s1. The van der Waals surface area contributed by atoms with Gasteiger partial charge in [-0.05, 0) is 19.1 Å². The van der Waals surface area contributed by atoms with Gasteiger partial charge in [0.25, 0.3) is 10.0 Å². The number of para-hydroxylation sites is 1. The Morgan fingerprint density at radius 1 is 1.29 bits per heavy atom. The monoisotopic (exact) mass is 370 g/mol. The summed E-state index contributed by atoms with van der Waals surface area (Å²) in [5, 5.41) is 9.89. The third kappa shape index (κ3) is 5.25. The van der Waals surface area contributed by atoms with E-state index in [0.29, 0.717) is 5.75 Å². The summed E-state index contributed by atoms with van der Waals surface area (Å²) in [4.78, 5) is 11.3. The highest BCUT2D eigenvalue weighted by atomic mass is 32.2. The second kappa shape index (κ2) is 8.18. The first-order valence-corrected chi connectivity index (χ1v) is 9.54. The van der Waals surface area contributed by atoms with Crippen LogP contribution in [0.1, 0.15) is 20.3 Å². The van der Waals surface area contributed by atoms with Gasteiger partial charge in [-0.3, -0.25) is 4.79 Å². The van der Waals surface area contributed by atoms with Crippen LogP contribution in [0.15, 0.2) is 34.7 Å². The van der Waals surface area contributed by atoms with Gasteiger partial charge in [-0.25, -0.2) is 13.1 Å². The molecule has 2 rings (SSSR count). The first kappa shape index (κ1) is 18.3. The van der Waals surface area contributed by atoms with Crippen LogP contribution in [0, 0.1) is 0 Å². The van der Waals surface area contributed by atoms with E-state index in [4.69, 9.17) is 4.74 Å². The third-order valence-electron chi connectivity index (χ3n) is 2.80.